The smallest absolute Gasteiger partial charge is 0.252 e. The summed E-state index contributed by atoms with van der Waals surface area (Å²) < 4.78 is 3.41. The molecule has 0 aliphatic carbocycles. The molecule has 2 aromatic rings. The van der Waals surface area contributed by atoms with E-state index in [-0.39, 0.29) is 24.1 Å². The number of carbonyl (C=O) groups is 2. The number of carbonyl (C=O) groups excluding carboxylic acids is 2. The van der Waals surface area contributed by atoms with E-state index in [1.807, 2.05) is 6.92 Å². The van der Waals surface area contributed by atoms with E-state index in [2.05, 4.69) is 10.1 Å². The molecular formula is C12H14ClN5O2. The van der Waals surface area contributed by atoms with Crippen molar-refractivity contribution in [2.45, 2.75) is 25.3 Å². The Labute approximate surface area is 120 Å². The second-order valence-corrected chi connectivity index (χ2v) is 5.19. The molecule has 7 nitrogen and oxygen atoms in total. The standard InChI is InChI=1S/C12H14ClN5O2/c1-6-10-11(17(3)15-6)18(8(5-13)14-10)7-4-9(19)16(2)12(7)20/h7H,4-5H2,1-3H3. The number of likely N-dealkylation sites (tertiary alicyclic amines) is 1. The molecule has 0 spiro atoms. The van der Waals surface area contributed by atoms with Crippen molar-refractivity contribution < 1.29 is 9.59 Å². The summed E-state index contributed by atoms with van der Waals surface area (Å²) in [5.74, 6) is 0.329. The Bertz CT molecular complexity index is 732. The summed E-state index contributed by atoms with van der Waals surface area (Å²) in [6, 6.07) is -0.582. The van der Waals surface area contributed by atoms with Gasteiger partial charge in [0.2, 0.25) is 5.91 Å². The number of imidazole rings is 1. The molecule has 20 heavy (non-hydrogen) atoms. The average molecular weight is 296 g/mol. The van der Waals surface area contributed by atoms with Gasteiger partial charge in [0.25, 0.3) is 5.91 Å². The Hall–Kier alpha value is -1.89. The van der Waals surface area contributed by atoms with Crippen LogP contribution in [0.3, 0.4) is 0 Å². The minimum atomic E-state index is -0.582. The van der Waals surface area contributed by atoms with Gasteiger partial charge in [-0.2, -0.15) is 5.10 Å². The van der Waals surface area contributed by atoms with Crippen molar-refractivity contribution in [3.05, 3.63) is 11.5 Å². The number of hydrogen-bond donors (Lipinski definition) is 0. The number of hydrogen-bond acceptors (Lipinski definition) is 4. The number of nitrogens with zero attached hydrogens (tertiary/aromatic N) is 5. The zero-order valence-corrected chi connectivity index (χ0v) is 12.2. The second kappa shape index (κ2) is 4.31. The zero-order valence-electron chi connectivity index (χ0n) is 11.4. The van der Waals surface area contributed by atoms with Crippen molar-refractivity contribution in [2.24, 2.45) is 7.05 Å². The van der Waals surface area contributed by atoms with Crippen molar-refractivity contribution in [3.8, 4) is 0 Å². The van der Waals surface area contributed by atoms with Crippen molar-refractivity contribution in [3.63, 3.8) is 0 Å². The predicted octanol–water partition coefficient (Wildman–Crippen LogP) is 0.747. The summed E-state index contributed by atoms with van der Waals surface area (Å²) in [7, 11) is 3.28. The summed E-state index contributed by atoms with van der Waals surface area (Å²) in [4.78, 5) is 29.6. The molecule has 3 heterocycles. The predicted molar refractivity (Wildman–Crippen MR) is 72.2 cm³/mol. The number of aryl methyl sites for hydroxylation is 2. The number of aromatic nitrogens is 4. The van der Waals surface area contributed by atoms with E-state index in [4.69, 9.17) is 11.6 Å². The maximum atomic E-state index is 12.2. The van der Waals surface area contributed by atoms with Crippen molar-refractivity contribution in [1.82, 2.24) is 24.2 Å². The van der Waals surface area contributed by atoms with Gasteiger partial charge in [-0.3, -0.25) is 23.7 Å². The lowest BCUT2D eigenvalue weighted by Gasteiger charge is -2.14. The molecule has 106 valence electrons. The maximum absolute atomic E-state index is 12.2. The third-order valence-electron chi connectivity index (χ3n) is 3.70. The van der Waals surface area contributed by atoms with Gasteiger partial charge in [0.05, 0.1) is 18.0 Å². The molecule has 2 aromatic heterocycles. The molecule has 1 atom stereocenters. The van der Waals surface area contributed by atoms with Gasteiger partial charge in [0, 0.05) is 14.1 Å². The maximum Gasteiger partial charge on any atom is 0.252 e. The monoisotopic (exact) mass is 295 g/mol. The average Bonchev–Trinajstić information content (AvgIpc) is 3.00. The van der Waals surface area contributed by atoms with Crippen LogP contribution in [0.15, 0.2) is 0 Å². The van der Waals surface area contributed by atoms with Crippen LogP contribution in [0.2, 0.25) is 0 Å². The summed E-state index contributed by atoms with van der Waals surface area (Å²) in [6.45, 7) is 1.85. The highest BCUT2D eigenvalue weighted by Crippen LogP contribution is 2.30. The third kappa shape index (κ3) is 1.59. The number of imide groups is 1. The van der Waals surface area contributed by atoms with E-state index in [0.717, 1.165) is 21.8 Å². The van der Waals surface area contributed by atoms with E-state index in [1.165, 1.54) is 7.05 Å². The lowest BCUT2D eigenvalue weighted by molar-refractivity contribution is -0.137. The molecule has 0 N–H and O–H groups in total. The number of halogens is 1. The molecule has 1 unspecified atom stereocenters. The largest absolute Gasteiger partial charge is 0.299 e. The Morgan fingerprint density at radius 3 is 2.60 bits per heavy atom. The fourth-order valence-electron chi connectivity index (χ4n) is 2.70. The first kappa shape index (κ1) is 13.1. The first-order chi connectivity index (χ1) is 9.45. The van der Waals surface area contributed by atoms with Crippen LogP contribution in [-0.4, -0.2) is 43.1 Å². The molecule has 0 bridgehead atoms. The van der Waals surface area contributed by atoms with Crippen LogP contribution in [-0.2, 0) is 22.5 Å². The van der Waals surface area contributed by atoms with Crippen molar-refractivity contribution in [2.75, 3.05) is 7.05 Å². The lowest BCUT2D eigenvalue weighted by Crippen LogP contribution is -2.27. The summed E-state index contributed by atoms with van der Waals surface area (Å²) in [5.41, 5.74) is 2.22. The molecule has 3 rings (SSSR count). The molecule has 1 aliphatic rings. The van der Waals surface area contributed by atoms with Gasteiger partial charge in [-0.1, -0.05) is 0 Å². The number of amides is 2. The van der Waals surface area contributed by atoms with Gasteiger partial charge in [-0.15, -0.1) is 11.6 Å². The summed E-state index contributed by atoms with van der Waals surface area (Å²) >= 11 is 5.94. The van der Waals surface area contributed by atoms with Gasteiger partial charge < -0.3 is 0 Å². The number of fused-ring (bicyclic) bond motifs is 1. The van der Waals surface area contributed by atoms with Gasteiger partial charge in [-0.05, 0) is 6.92 Å². The molecule has 0 radical (unpaired) electrons. The molecule has 8 heteroatoms. The van der Waals surface area contributed by atoms with E-state index < -0.39 is 6.04 Å². The van der Waals surface area contributed by atoms with E-state index >= 15 is 0 Å². The first-order valence-electron chi connectivity index (χ1n) is 6.22. The van der Waals surface area contributed by atoms with Crippen molar-refractivity contribution in [1.29, 1.82) is 0 Å². The SMILES string of the molecule is Cc1nn(C)c2c1nc(CCl)n2C1CC(=O)N(C)C1=O. The summed E-state index contributed by atoms with van der Waals surface area (Å²) in [6.07, 6.45) is 0.134. The normalized spacial score (nSPS) is 19.6. The summed E-state index contributed by atoms with van der Waals surface area (Å²) in [5, 5.41) is 4.30. The van der Waals surface area contributed by atoms with E-state index in [0.29, 0.717) is 5.82 Å². The molecule has 1 aliphatic heterocycles. The highest BCUT2D eigenvalue weighted by molar-refractivity contribution is 6.17. The Morgan fingerprint density at radius 1 is 1.35 bits per heavy atom. The first-order valence-corrected chi connectivity index (χ1v) is 6.76. The molecule has 1 fully saturated rings. The van der Waals surface area contributed by atoms with Crippen molar-refractivity contribution >= 4 is 34.6 Å². The molecule has 0 aromatic carbocycles. The zero-order chi connectivity index (χ0) is 14.6. The van der Waals surface area contributed by atoms with Gasteiger partial charge in [0.15, 0.2) is 5.65 Å². The number of rotatable bonds is 2. The quantitative estimate of drug-likeness (QED) is 0.605. The second-order valence-electron chi connectivity index (χ2n) is 4.92. The topological polar surface area (TPSA) is 73.0 Å². The van der Waals surface area contributed by atoms with Gasteiger partial charge in [0.1, 0.15) is 17.4 Å². The van der Waals surface area contributed by atoms with E-state index in [9.17, 15) is 9.59 Å². The van der Waals surface area contributed by atoms with Crippen LogP contribution in [0.25, 0.3) is 11.2 Å². The molecule has 2 amide bonds. The van der Waals surface area contributed by atoms with Crippen LogP contribution in [0.5, 0.6) is 0 Å². The highest BCUT2D eigenvalue weighted by atomic mass is 35.5. The molecule has 0 saturated carbocycles. The minimum absolute atomic E-state index is 0.134. The van der Waals surface area contributed by atoms with E-state index in [1.54, 1.807) is 16.3 Å². The fraction of sp³-hybridized carbons (Fsp3) is 0.500. The fourth-order valence-corrected chi connectivity index (χ4v) is 2.89. The minimum Gasteiger partial charge on any atom is -0.299 e. The Kier molecular flexibility index (Phi) is 2.82. The molecular weight excluding hydrogens is 282 g/mol. The van der Waals surface area contributed by atoms with Crippen LogP contribution < -0.4 is 0 Å². The molecule has 1 saturated heterocycles. The van der Waals surface area contributed by atoms with Crippen LogP contribution in [0.4, 0.5) is 0 Å². The van der Waals surface area contributed by atoms with Gasteiger partial charge in [-0.25, -0.2) is 4.98 Å². The number of likely N-dealkylation sites (N-methyl/N-ethyl adjacent to an activating group) is 1. The van der Waals surface area contributed by atoms with Crippen LogP contribution in [0, 0.1) is 6.92 Å². The van der Waals surface area contributed by atoms with Crippen LogP contribution in [0.1, 0.15) is 24.0 Å². The van der Waals surface area contributed by atoms with Crippen LogP contribution >= 0.6 is 11.6 Å². The Balaban J connectivity index is 2.25. The number of alkyl halides is 1. The van der Waals surface area contributed by atoms with Gasteiger partial charge >= 0.3 is 0 Å². The highest BCUT2D eigenvalue weighted by Gasteiger charge is 2.39. The Morgan fingerprint density at radius 2 is 2.05 bits per heavy atom. The lowest BCUT2D eigenvalue weighted by atomic mass is 10.2. The third-order valence-corrected chi connectivity index (χ3v) is 3.94.